The van der Waals surface area contributed by atoms with Gasteiger partial charge >= 0.3 is 18.0 Å². The third-order valence-corrected chi connectivity index (χ3v) is 2.90. The fraction of sp³-hybridized carbons (Fsp3) is 0.286. The van der Waals surface area contributed by atoms with Gasteiger partial charge in [-0.25, -0.2) is 9.59 Å². The van der Waals surface area contributed by atoms with Gasteiger partial charge in [0.05, 0.1) is 0 Å². The summed E-state index contributed by atoms with van der Waals surface area (Å²) in [7, 11) is 0. The molecule has 0 saturated carbocycles. The van der Waals surface area contributed by atoms with Gasteiger partial charge in [0.15, 0.2) is 0 Å². The smallest absolute Gasteiger partial charge is 0.415 e. The van der Waals surface area contributed by atoms with Crippen molar-refractivity contribution in [2.45, 2.75) is 26.0 Å². The molecule has 1 amide bonds. The first-order chi connectivity index (χ1) is 10.5. The summed E-state index contributed by atoms with van der Waals surface area (Å²) in [5, 5.41) is 2.37. The van der Waals surface area contributed by atoms with Gasteiger partial charge in [0.2, 0.25) is 0 Å². The molecule has 1 aliphatic heterocycles. The minimum atomic E-state index is -0.786. The van der Waals surface area contributed by atoms with Crippen molar-refractivity contribution >= 4 is 24.5 Å². The second-order valence-electron chi connectivity index (χ2n) is 4.55. The molecule has 22 heavy (non-hydrogen) atoms. The summed E-state index contributed by atoms with van der Waals surface area (Å²) in [5.74, 6) is -0.963. The minimum absolute atomic E-state index is 0.0470. The largest absolute Gasteiger partial charge is 0.463 e. The number of nitrogens with one attached hydrogen (secondary N) is 1. The standard InChI is InChI=1S/C14H13NO7/c1-8(17)21-12-5-9(2-3-10(12)6-20-7-16)4-11-13(18)22-14(19)15-11/h2-3,5,7,11H,4,6H2,1H3,(H,15,19). The molecule has 1 aromatic rings. The van der Waals surface area contributed by atoms with Gasteiger partial charge in [0.1, 0.15) is 18.4 Å². The molecular weight excluding hydrogens is 294 g/mol. The molecule has 1 fully saturated rings. The molecule has 0 spiro atoms. The third kappa shape index (κ3) is 3.81. The van der Waals surface area contributed by atoms with E-state index in [0.717, 1.165) is 0 Å². The lowest BCUT2D eigenvalue weighted by atomic mass is 10.0. The van der Waals surface area contributed by atoms with Crippen molar-refractivity contribution in [1.82, 2.24) is 5.32 Å². The van der Waals surface area contributed by atoms with Gasteiger partial charge in [-0.05, 0) is 11.6 Å². The van der Waals surface area contributed by atoms with E-state index in [-0.39, 0.29) is 25.2 Å². The minimum Gasteiger partial charge on any atom is -0.463 e. The third-order valence-electron chi connectivity index (χ3n) is 2.90. The van der Waals surface area contributed by atoms with Crippen molar-refractivity contribution in [2.75, 3.05) is 0 Å². The van der Waals surface area contributed by atoms with Gasteiger partial charge in [-0.15, -0.1) is 0 Å². The number of ether oxygens (including phenoxy) is 3. The number of carbonyl (C=O) groups is 4. The van der Waals surface area contributed by atoms with Crippen molar-refractivity contribution in [3.63, 3.8) is 0 Å². The Kier molecular flexibility index (Phi) is 4.72. The number of amides is 1. The highest BCUT2D eigenvalue weighted by molar-refractivity contribution is 5.95. The predicted octanol–water partition coefficient (Wildman–Crippen LogP) is 0.462. The van der Waals surface area contributed by atoms with Crippen LogP contribution in [0.3, 0.4) is 0 Å². The van der Waals surface area contributed by atoms with Crippen LogP contribution in [0, 0.1) is 0 Å². The van der Waals surface area contributed by atoms with E-state index in [1.165, 1.54) is 6.92 Å². The normalized spacial score (nSPS) is 16.7. The summed E-state index contributed by atoms with van der Waals surface area (Å²) in [6, 6.07) is 4.05. The fourth-order valence-electron chi connectivity index (χ4n) is 1.98. The number of carbonyl (C=O) groups excluding carboxylic acids is 4. The maximum Gasteiger partial charge on any atom is 0.415 e. The van der Waals surface area contributed by atoms with Crippen molar-refractivity contribution in [3.05, 3.63) is 29.3 Å². The van der Waals surface area contributed by atoms with Crippen LogP contribution in [0.25, 0.3) is 0 Å². The Balaban J connectivity index is 2.18. The second-order valence-corrected chi connectivity index (χ2v) is 4.55. The number of hydrogen-bond donors (Lipinski definition) is 1. The topological polar surface area (TPSA) is 108 Å². The summed E-state index contributed by atoms with van der Waals surface area (Å²) in [5.41, 5.74) is 1.15. The van der Waals surface area contributed by atoms with Crippen molar-refractivity contribution < 1.29 is 33.4 Å². The van der Waals surface area contributed by atoms with E-state index < -0.39 is 24.1 Å². The molecule has 1 unspecified atom stereocenters. The van der Waals surface area contributed by atoms with Crippen LogP contribution in [-0.4, -0.2) is 30.5 Å². The van der Waals surface area contributed by atoms with Crippen LogP contribution in [0.2, 0.25) is 0 Å². The molecule has 0 bridgehead atoms. The number of hydrogen-bond acceptors (Lipinski definition) is 7. The number of cyclic esters (lactones) is 2. The van der Waals surface area contributed by atoms with E-state index in [2.05, 4.69) is 14.8 Å². The van der Waals surface area contributed by atoms with E-state index in [0.29, 0.717) is 11.1 Å². The Morgan fingerprint density at radius 1 is 1.41 bits per heavy atom. The summed E-state index contributed by atoms with van der Waals surface area (Å²) in [6.07, 6.45) is -0.598. The Hall–Kier alpha value is -2.90. The average molecular weight is 307 g/mol. The molecule has 1 heterocycles. The van der Waals surface area contributed by atoms with Crippen molar-refractivity contribution in [3.8, 4) is 5.75 Å². The fourth-order valence-corrected chi connectivity index (χ4v) is 1.98. The lowest BCUT2D eigenvalue weighted by Crippen LogP contribution is -2.30. The SMILES string of the molecule is CC(=O)Oc1cc(CC2NC(=O)OC2=O)ccc1COC=O. The summed E-state index contributed by atoms with van der Waals surface area (Å²) >= 11 is 0. The van der Waals surface area contributed by atoms with E-state index in [9.17, 15) is 19.2 Å². The highest BCUT2D eigenvalue weighted by Crippen LogP contribution is 2.23. The summed E-state index contributed by atoms with van der Waals surface area (Å²) < 4.78 is 14.1. The van der Waals surface area contributed by atoms with Crippen molar-refractivity contribution in [1.29, 1.82) is 0 Å². The first-order valence-corrected chi connectivity index (χ1v) is 6.37. The van der Waals surface area contributed by atoms with Crippen LogP contribution in [-0.2, 0) is 36.9 Å². The summed E-state index contributed by atoms with van der Waals surface area (Å²) in [6.45, 7) is 1.48. The molecule has 0 radical (unpaired) electrons. The van der Waals surface area contributed by atoms with Gasteiger partial charge in [-0.1, -0.05) is 12.1 Å². The van der Waals surface area contributed by atoms with Gasteiger partial charge in [0, 0.05) is 18.9 Å². The van der Waals surface area contributed by atoms with Crippen LogP contribution in [0.15, 0.2) is 18.2 Å². The molecule has 8 heteroatoms. The second kappa shape index (κ2) is 6.70. The molecular formula is C14H13NO7. The first kappa shape index (κ1) is 15.5. The number of rotatable bonds is 6. The molecule has 1 N–H and O–H groups in total. The number of esters is 2. The maximum absolute atomic E-state index is 11.4. The Labute approximate surface area is 125 Å². The Morgan fingerprint density at radius 3 is 2.77 bits per heavy atom. The summed E-state index contributed by atoms with van der Waals surface area (Å²) in [4.78, 5) is 43.8. The highest BCUT2D eigenvalue weighted by atomic mass is 16.6. The Bertz CT molecular complexity index is 626. The molecule has 1 saturated heterocycles. The zero-order valence-electron chi connectivity index (χ0n) is 11.7. The van der Waals surface area contributed by atoms with E-state index >= 15 is 0 Å². The molecule has 8 nitrogen and oxygen atoms in total. The van der Waals surface area contributed by atoms with E-state index in [4.69, 9.17) is 4.74 Å². The van der Waals surface area contributed by atoms with Crippen LogP contribution in [0.5, 0.6) is 5.75 Å². The molecule has 1 aliphatic rings. The average Bonchev–Trinajstić information content (AvgIpc) is 2.75. The van der Waals surface area contributed by atoms with Crippen LogP contribution in [0.1, 0.15) is 18.1 Å². The zero-order chi connectivity index (χ0) is 16.1. The molecule has 1 aromatic carbocycles. The molecule has 2 rings (SSSR count). The Morgan fingerprint density at radius 2 is 2.18 bits per heavy atom. The monoisotopic (exact) mass is 307 g/mol. The zero-order valence-corrected chi connectivity index (χ0v) is 11.7. The van der Waals surface area contributed by atoms with Gasteiger partial charge < -0.3 is 19.5 Å². The van der Waals surface area contributed by atoms with Crippen LogP contribution in [0.4, 0.5) is 4.79 Å². The van der Waals surface area contributed by atoms with Crippen LogP contribution >= 0.6 is 0 Å². The van der Waals surface area contributed by atoms with Crippen LogP contribution < -0.4 is 10.1 Å². The van der Waals surface area contributed by atoms with Gasteiger partial charge in [-0.3, -0.25) is 9.59 Å². The lowest BCUT2D eigenvalue weighted by molar-refractivity contribution is -0.135. The first-order valence-electron chi connectivity index (χ1n) is 6.37. The van der Waals surface area contributed by atoms with Gasteiger partial charge in [-0.2, -0.15) is 0 Å². The molecule has 1 atom stereocenters. The number of alkyl carbamates (subject to hydrolysis) is 1. The van der Waals surface area contributed by atoms with E-state index in [1.54, 1.807) is 18.2 Å². The molecule has 0 aromatic heterocycles. The molecule has 0 aliphatic carbocycles. The maximum atomic E-state index is 11.4. The quantitative estimate of drug-likeness (QED) is 0.352. The number of benzene rings is 1. The highest BCUT2D eigenvalue weighted by Gasteiger charge is 2.32. The predicted molar refractivity (Wildman–Crippen MR) is 70.7 cm³/mol. The lowest BCUT2D eigenvalue weighted by Gasteiger charge is -2.12. The molecule has 116 valence electrons. The van der Waals surface area contributed by atoms with E-state index in [1.807, 2.05) is 0 Å². The van der Waals surface area contributed by atoms with Gasteiger partial charge in [0.25, 0.3) is 6.47 Å². The van der Waals surface area contributed by atoms with Crippen molar-refractivity contribution in [2.24, 2.45) is 0 Å².